The average Bonchev–Trinajstić information content (AvgIpc) is 3.18. The van der Waals surface area contributed by atoms with Gasteiger partial charge in [-0.05, 0) is 42.5 Å². The van der Waals surface area contributed by atoms with E-state index in [1.165, 1.54) is 36.4 Å². The minimum atomic E-state index is -4.04. The van der Waals surface area contributed by atoms with Crippen LogP contribution in [0.3, 0.4) is 0 Å². The van der Waals surface area contributed by atoms with Gasteiger partial charge in [0.2, 0.25) is 5.91 Å². The molecule has 174 valence electrons. The molecule has 1 N–H and O–H groups in total. The lowest BCUT2D eigenvalue weighted by atomic mass is 10.3. The maximum absolute atomic E-state index is 13.4. The molecular weight excluding hydrogens is 523 g/mol. The summed E-state index contributed by atoms with van der Waals surface area (Å²) in [5.74, 6) is -0.685. The number of nitro groups is 1. The molecule has 0 atom stereocenters. The zero-order chi connectivity index (χ0) is 24.5. The molecule has 0 unspecified atom stereocenters. The van der Waals surface area contributed by atoms with Crippen molar-refractivity contribution in [3.8, 4) is 0 Å². The Morgan fingerprint density at radius 2 is 1.79 bits per heavy atom. The van der Waals surface area contributed by atoms with E-state index < -0.39 is 20.9 Å². The number of carbonyl (C=O) groups is 1. The first kappa shape index (κ1) is 24.0. The highest BCUT2D eigenvalue weighted by atomic mass is 35.5. The second-order valence-electron chi connectivity index (χ2n) is 6.86. The van der Waals surface area contributed by atoms with Crippen LogP contribution < -0.4 is 5.32 Å². The van der Waals surface area contributed by atoms with Gasteiger partial charge in [0.25, 0.3) is 15.7 Å². The number of fused-ring (bicyclic) bond motifs is 1. The maximum atomic E-state index is 13.4. The first-order valence-electron chi connectivity index (χ1n) is 9.52. The van der Waals surface area contributed by atoms with Crippen LogP contribution in [-0.2, 0) is 14.8 Å². The number of aromatic nitrogens is 2. The van der Waals surface area contributed by atoms with E-state index in [2.05, 4.69) is 10.3 Å². The van der Waals surface area contributed by atoms with Gasteiger partial charge in [0.1, 0.15) is 0 Å². The molecule has 3 aromatic carbocycles. The molecule has 0 radical (unpaired) electrons. The number of halogens is 2. The molecule has 34 heavy (non-hydrogen) atoms. The fourth-order valence-electron chi connectivity index (χ4n) is 3.05. The smallest absolute Gasteiger partial charge is 0.271 e. The van der Waals surface area contributed by atoms with E-state index in [1.807, 2.05) is 0 Å². The lowest BCUT2D eigenvalue weighted by molar-refractivity contribution is -0.384. The summed E-state index contributed by atoms with van der Waals surface area (Å²) in [7, 11) is -4.04. The summed E-state index contributed by atoms with van der Waals surface area (Å²) in [5.41, 5.74) is 0.791. The molecule has 0 spiro atoms. The molecule has 4 rings (SSSR count). The molecule has 0 aliphatic carbocycles. The van der Waals surface area contributed by atoms with Gasteiger partial charge in [-0.15, -0.1) is 0 Å². The van der Waals surface area contributed by atoms with Crippen LogP contribution in [0.4, 0.5) is 11.4 Å². The summed E-state index contributed by atoms with van der Waals surface area (Å²) in [6.07, 6.45) is 0. The Kier molecular flexibility index (Phi) is 6.80. The summed E-state index contributed by atoms with van der Waals surface area (Å²) >= 11 is 12.8. The number of carbonyl (C=O) groups excluding carboxylic acids is 1. The van der Waals surface area contributed by atoms with Crippen LogP contribution in [-0.4, -0.2) is 34.0 Å². The first-order valence-corrected chi connectivity index (χ1v) is 12.7. The van der Waals surface area contributed by atoms with E-state index in [4.69, 9.17) is 23.2 Å². The van der Waals surface area contributed by atoms with E-state index in [9.17, 15) is 23.3 Å². The summed E-state index contributed by atoms with van der Waals surface area (Å²) in [4.78, 5) is 27.2. The molecule has 1 heterocycles. The predicted molar refractivity (Wildman–Crippen MR) is 131 cm³/mol. The molecule has 9 nitrogen and oxygen atoms in total. The predicted octanol–water partition coefficient (Wildman–Crippen LogP) is 5.22. The van der Waals surface area contributed by atoms with Crippen molar-refractivity contribution in [2.24, 2.45) is 0 Å². The molecule has 0 fully saturated rings. The van der Waals surface area contributed by atoms with Gasteiger partial charge in [-0.3, -0.25) is 14.9 Å². The molecule has 0 saturated heterocycles. The summed E-state index contributed by atoms with van der Waals surface area (Å²) in [5, 5.41) is 13.9. The second-order valence-corrected chi connectivity index (χ2v) is 10.4. The number of amides is 1. The van der Waals surface area contributed by atoms with Gasteiger partial charge in [-0.2, -0.15) is 0 Å². The quantitative estimate of drug-likeness (QED) is 0.195. The third-order valence-corrected chi connectivity index (χ3v) is 7.95. The number of nitrogens with one attached hydrogen (secondary N) is 1. The molecule has 4 aromatic rings. The molecular formula is C21H14Cl2N4O5S2. The van der Waals surface area contributed by atoms with Gasteiger partial charge >= 0.3 is 0 Å². The van der Waals surface area contributed by atoms with Crippen LogP contribution in [0.2, 0.25) is 10.0 Å². The third-order valence-electron chi connectivity index (χ3n) is 4.61. The number of imidazole rings is 1. The van der Waals surface area contributed by atoms with Gasteiger partial charge in [-0.1, -0.05) is 47.1 Å². The van der Waals surface area contributed by atoms with Gasteiger partial charge in [0.15, 0.2) is 5.16 Å². The van der Waals surface area contributed by atoms with Crippen LogP contribution >= 0.6 is 35.0 Å². The van der Waals surface area contributed by atoms with E-state index in [1.54, 1.807) is 24.3 Å². The zero-order valence-corrected chi connectivity index (χ0v) is 20.2. The molecule has 0 aliphatic heterocycles. The fraction of sp³-hybridized carbons (Fsp3) is 0.0476. The standard InChI is InChI=1S/C21H14Cl2N4O5S2/c22-13-5-8-15(9-6-13)34(31,32)26-19-4-2-1-3-18(19)25-21(26)33-12-20(28)24-17-10-7-14(27(29)30)11-16(17)23/h1-11H,12H2,(H,24,28). The van der Waals surface area contributed by atoms with E-state index in [0.717, 1.165) is 21.8 Å². The highest BCUT2D eigenvalue weighted by molar-refractivity contribution is 8.00. The SMILES string of the molecule is O=C(CSc1nc2ccccc2n1S(=O)(=O)c1ccc(Cl)cc1)Nc1ccc([N+](=O)[O-])cc1Cl. The number of thioether (sulfide) groups is 1. The van der Waals surface area contributed by atoms with Crippen molar-refractivity contribution in [3.63, 3.8) is 0 Å². The largest absolute Gasteiger partial charge is 0.324 e. The Labute approximate surface area is 207 Å². The zero-order valence-electron chi connectivity index (χ0n) is 17.0. The van der Waals surface area contributed by atoms with Crippen molar-refractivity contribution in [2.75, 3.05) is 11.1 Å². The van der Waals surface area contributed by atoms with E-state index >= 15 is 0 Å². The number of hydrogen-bond donors (Lipinski definition) is 1. The monoisotopic (exact) mass is 536 g/mol. The number of rotatable bonds is 7. The Morgan fingerprint density at radius 3 is 2.47 bits per heavy atom. The van der Waals surface area contributed by atoms with Gasteiger partial charge in [0.05, 0.1) is 37.3 Å². The van der Waals surface area contributed by atoms with E-state index in [-0.39, 0.29) is 32.2 Å². The van der Waals surface area contributed by atoms with Crippen LogP contribution in [0.1, 0.15) is 0 Å². The lowest BCUT2D eigenvalue weighted by Crippen LogP contribution is -2.17. The minimum absolute atomic E-state index is 0.00473. The number of anilines is 1. The number of nitrogens with zero attached hydrogens (tertiary/aromatic N) is 3. The van der Waals surface area contributed by atoms with Crippen molar-refractivity contribution in [3.05, 3.63) is 86.9 Å². The van der Waals surface area contributed by atoms with Crippen molar-refractivity contribution in [1.29, 1.82) is 0 Å². The minimum Gasteiger partial charge on any atom is -0.324 e. The van der Waals surface area contributed by atoms with Crippen LogP contribution in [0.25, 0.3) is 11.0 Å². The lowest BCUT2D eigenvalue weighted by Gasteiger charge is -2.11. The molecule has 0 aliphatic rings. The Balaban J connectivity index is 1.61. The van der Waals surface area contributed by atoms with Crippen LogP contribution in [0.5, 0.6) is 0 Å². The highest BCUT2D eigenvalue weighted by Crippen LogP contribution is 2.30. The Hall–Kier alpha value is -3.12. The van der Waals surface area contributed by atoms with Crippen molar-refractivity contribution >= 4 is 73.3 Å². The average molecular weight is 537 g/mol. The van der Waals surface area contributed by atoms with Crippen LogP contribution in [0.15, 0.2) is 76.8 Å². The molecule has 0 saturated carbocycles. The first-order chi connectivity index (χ1) is 16.2. The topological polar surface area (TPSA) is 124 Å². The number of non-ortho nitro benzene ring substituents is 1. The second kappa shape index (κ2) is 9.63. The summed E-state index contributed by atoms with van der Waals surface area (Å²) < 4.78 is 27.9. The number of benzene rings is 3. The van der Waals surface area contributed by atoms with Gasteiger partial charge in [-0.25, -0.2) is 17.4 Å². The van der Waals surface area contributed by atoms with Crippen LogP contribution in [0, 0.1) is 10.1 Å². The number of nitro benzene ring substituents is 1. The Morgan fingerprint density at radius 1 is 1.09 bits per heavy atom. The molecule has 1 amide bonds. The Bertz CT molecular complexity index is 1520. The van der Waals surface area contributed by atoms with E-state index in [0.29, 0.717) is 16.1 Å². The summed E-state index contributed by atoms with van der Waals surface area (Å²) in [6, 6.07) is 16.1. The number of hydrogen-bond acceptors (Lipinski definition) is 7. The van der Waals surface area contributed by atoms with Crippen molar-refractivity contribution < 1.29 is 18.1 Å². The van der Waals surface area contributed by atoms with Crippen molar-refractivity contribution in [1.82, 2.24) is 8.96 Å². The molecule has 1 aromatic heterocycles. The summed E-state index contributed by atoms with van der Waals surface area (Å²) in [6.45, 7) is 0. The maximum Gasteiger partial charge on any atom is 0.271 e. The normalized spacial score (nSPS) is 11.5. The molecule has 13 heteroatoms. The fourth-order valence-corrected chi connectivity index (χ4v) is 5.91. The third kappa shape index (κ3) is 4.87. The van der Waals surface area contributed by atoms with Gasteiger partial charge in [0, 0.05) is 17.2 Å². The van der Waals surface area contributed by atoms with Crippen molar-refractivity contribution in [2.45, 2.75) is 10.1 Å². The number of para-hydroxylation sites is 2. The highest BCUT2D eigenvalue weighted by Gasteiger charge is 2.25. The molecule has 0 bridgehead atoms. The van der Waals surface area contributed by atoms with Gasteiger partial charge < -0.3 is 5.32 Å².